The number of thiophene rings is 2. The summed E-state index contributed by atoms with van der Waals surface area (Å²) in [4.78, 5) is 2.72. The molecule has 0 unspecified atom stereocenters. The molecule has 0 saturated heterocycles. The Bertz CT molecular complexity index is 2140. The Morgan fingerprint density at radius 1 is 0.610 bits per heavy atom. The average molecular weight is 583 g/mol. The maximum absolute atomic E-state index is 4.08. The van der Waals surface area contributed by atoms with Crippen molar-refractivity contribution in [2.24, 2.45) is 0 Å². The molecule has 0 atom stereocenters. The smallest absolute Gasteiger partial charge is 0.134 e. The van der Waals surface area contributed by atoms with E-state index in [1.165, 1.54) is 73.8 Å². The van der Waals surface area contributed by atoms with Gasteiger partial charge in [0.25, 0.3) is 0 Å². The van der Waals surface area contributed by atoms with E-state index in [-0.39, 0.29) is 0 Å². The molecule has 0 radical (unpaired) electrons. The fraction of sp³-hybridized carbons (Fsp3) is 0.263. The monoisotopic (exact) mass is 582 g/mol. The predicted molar refractivity (Wildman–Crippen MR) is 185 cm³/mol. The number of hydrogen-bond donors (Lipinski definition) is 0. The Balaban J connectivity index is 1.60. The molecule has 0 bridgehead atoms. The zero-order valence-electron chi connectivity index (χ0n) is 24.8. The molecule has 0 spiro atoms. The molecule has 2 aliphatic carbocycles. The lowest BCUT2D eigenvalue weighted by Crippen LogP contribution is -2.43. The largest absolute Gasteiger partial charge is 0.146 e. The maximum atomic E-state index is 4.08. The number of rotatable bonds is 3. The third kappa shape index (κ3) is 3.66. The standard InChI is InChI=1S/C38H34S2Si/c1-8-13-25-29-20-32-30(21-31(29)37-35(25)27-14-9-11-16-33(27)39-37)26(18-19-41(22(2)3,23(4)5)24(6)7)36-28-15-10-12-17-34(28)40-38(32)36/h9-12,14-17,20-24H,1-7H3. The summed E-state index contributed by atoms with van der Waals surface area (Å²) in [6.45, 7) is 16.4. The first-order chi connectivity index (χ1) is 19.8. The highest BCUT2D eigenvalue weighted by atomic mass is 32.1. The van der Waals surface area contributed by atoms with Gasteiger partial charge in [0.05, 0.1) is 0 Å². The molecule has 5 aromatic rings. The molecule has 0 aliphatic heterocycles. The van der Waals surface area contributed by atoms with E-state index in [9.17, 15) is 0 Å². The molecule has 3 aromatic carbocycles. The van der Waals surface area contributed by atoms with Crippen LogP contribution in [0.3, 0.4) is 0 Å². The van der Waals surface area contributed by atoms with E-state index in [1.54, 1.807) is 0 Å². The third-order valence-electron chi connectivity index (χ3n) is 9.40. The lowest BCUT2D eigenvalue weighted by Gasteiger charge is -2.38. The Morgan fingerprint density at radius 2 is 1.05 bits per heavy atom. The van der Waals surface area contributed by atoms with Crippen LogP contribution in [0.25, 0.3) is 52.2 Å². The van der Waals surface area contributed by atoms with Crippen molar-refractivity contribution in [1.82, 2.24) is 0 Å². The van der Waals surface area contributed by atoms with Gasteiger partial charge in [0, 0.05) is 73.8 Å². The number of fused-ring (bicyclic) bond motifs is 10. The SMILES string of the molecule is CC#CC1=c2cc3c(cc2-c2sc4ccccc4c21)=C(C#C[Si](C(C)C)(C(C)C)C(C)C)c1c-3sc2ccccc12. The van der Waals surface area contributed by atoms with Gasteiger partial charge in [0.1, 0.15) is 8.07 Å². The predicted octanol–water partition coefficient (Wildman–Crippen LogP) is 9.72. The van der Waals surface area contributed by atoms with Crippen molar-refractivity contribution in [2.45, 2.75) is 65.1 Å². The molecule has 0 fully saturated rings. The summed E-state index contributed by atoms with van der Waals surface area (Å²) < 4.78 is 2.67. The van der Waals surface area contributed by atoms with Gasteiger partial charge >= 0.3 is 0 Å². The van der Waals surface area contributed by atoms with Crippen molar-refractivity contribution in [2.75, 3.05) is 0 Å². The highest BCUT2D eigenvalue weighted by Gasteiger charge is 2.42. The average Bonchev–Trinajstić information content (AvgIpc) is 3.66. The molecule has 41 heavy (non-hydrogen) atoms. The Labute approximate surface area is 252 Å². The van der Waals surface area contributed by atoms with Gasteiger partial charge in [0.2, 0.25) is 0 Å². The van der Waals surface area contributed by atoms with E-state index < -0.39 is 8.07 Å². The lowest BCUT2D eigenvalue weighted by atomic mass is 10.0. The van der Waals surface area contributed by atoms with Crippen LogP contribution in [-0.2, 0) is 0 Å². The minimum Gasteiger partial charge on any atom is -0.134 e. The summed E-state index contributed by atoms with van der Waals surface area (Å²) in [5.41, 5.74) is 13.6. The summed E-state index contributed by atoms with van der Waals surface area (Å²) in [5, 5.41) is 5.23. The molecule has 2 heterocycles. The first-order valence-corrected chi connectivity index (χ1v) is 18.6. The van der Waals surface area contributed by atoms with Crippen LogP contribution in [0.4, 0.5) is 0 Å². The van der Waals surface area contributed by atoms with E-state index in [4.69, 9.17) is 0 Å². The molecule has 0 amide bonds. The van der Waals surface area contributed by atoms with Gasteiger partial charge in [-0.25, -0.2) is 0 Å². The second-order valence-electron chi connectivity index (χ2n) is 12.3. The van der Waals surface area contributed by atoms with Crippen LogP contribution in [0.5, 0.6) is 0 Å². The molecule has 7 rings (SSSR count). The topological polar surface area (TPSA) is 0 Å². The Hall–Kier alpha value is -3.34. The highest BCUT2D eigenvalue weighted by molar-refractivity contribution is 7.23. The summed E-state index contributed by atoms with van der Waals surface area (Å²) in [6.07, 6.45) is 0. The van der Waals surface area contributed by atoms with Gasteiger partial charge in [-0.1, -0.05) is 89.8 Å². The molecule has 202 valence electrons. The van der Waals surface area contributed by atoms with Crippen LogP contribution in [0.15, 0.2) is 60.7 Å². The van der Waals surface area contributed by atoms with Gasteiger partial charge in [-0.2, -0.15) is 0 Å². The Morgan fingerprint density at radius 3 is 1.49 bits per heavy atom. The van der Waals surface area contributed by atoms with Gasteiger partial charge < -0.3 is 0 Å². The number of hydrogen-bond acceptors (Lipinski definition) is 2. The van der Waals surface area contributed by atoms with E-state index >= 15 is 0 Å². The summed E-state index contributed by atoms with van der Waals surface area (Å²) in [5.74, 6) is 10.7. The number of benzene rings is 3. The molecule has 3 heteroatoms. The lowest BCUT2D eigenvalue weighted by molar-refractivity contribution is 0.838. The summed E-state index contributed by atoms with van der Waals surface area (Å²) >= 11 is 3.81. The molecule has 0 saturated carbocycles. The van der Waals surface area contributed by atoms with Crippen LogP contribution in [0.2, 0.25) is 16.6 Å². The quantitative estimate of drug-likeness (QED) is 0.147. The Kier molecular flexibility index (Phi) is 6.22. The zero-order chi connectivity index (χ0) is 28.6. The molecular formula is C38H34S2Si. The zero-order valence-corrected chi connectivity index (χ0v) is 27.5. The normalized spacial score (nSPS) is 13.4. The van der Waals surface area contributed by atoms with Gasteiger partial charge in [-0.05, 0) is 47.8 Å². The molecule has 2 aromatic heterocycles. The van der Waals surface area contributed by atoms with Crippen molar-refractivity contribution in [1.29, 1.82) is 0 Å². The molecule has 0 N–H and O–H groups in total. The van der Waals surface area contributed by atoms with Gasteiger partial charge in [0.15, 0.2) is 0 Å². The molecule has 2 aliphatic rings. The minimum absolute atomic E-state index is 0.598. The van der Waals surface area contributed by atoms with Crippen molar-refractivity contribution in [3.05, 3.63) is 82.2 Å². The molecular weight excluding hydrogens is 549 g/mol. The summed E-state index contributed by atoms with van der Waals surface area (Å²) in [7, 11) is -1.91. The van der Waals surface area contributed by atoms with Crippen molar-refractivity contribution < 1.29 is 0 Å². The molecule has 0 nitrogen and oxygen atoms in total. The van der Waals surface area contributed by atoms with Crippen LogP contribution in [0.1, 0.15) is 59.6 Å². The van der Waals surface area contributed by atoms with E-state index in [2.05, 4.69) is 126 Å². The van der Waals surface area contributed by atoms with Crippen LogP contribution >= 0.6 is 22.7 Å². The first kappa shape index (κ1) is 26.5. The maximum Gasteiger partial charge on any atom is 0.146 e. The fourth-order valence-electron chi connectivity index (χ4n) is 7.61. The van der Waals surface area contributed by atoms with E-state index in [1.807, 2.05) is 29.6 Å². The first-order valence-electron chi connectivity index (χ1n) is 14.7. The highest BCUT2D eigenvalue weighted by Crippen LogP contribution is 2.48. The van der Waals surface area contributed by atoms with Crippen molar-refractivity contribution in [3.8, 4) is 44.2 Å². The fourth-order valence-corrected chi connectivity index (χ4v) is 15.3. The summed E-state index contributed by atoms with van der Waals surface area (Å²) in [6, 6.07) is 22.5. The minimum atomic E-state index is -1.91. The van der Waals surface area contributed by atoms with Crippen LogP contribution in [-0.4, -0.2) is 8.07 Å². The van der Waals surface area contributed by atoms with E-state index in [0.717, 1.165) is 0 Å². The second kappa shape index (κ2) is 9.61. The second-order valence-corrected chi connectivity index (χ2v) is 20.0. The van der Waals surface area contributed by atoms with Crippen LogP contribution < -0.4 is 10.4 Å². The van der Waals surface area contributed by atoms with Crippen molar-refractivity contribution in [3.63, 3.8) is 0 Å². The van der Waals surface area contributed by atoms with Gasteiger partial charge in [-0.15, -0.1) is 34.1 Å². The van der Waals surface area contributed by atoms with Gasteiger partial charge in [-0.3, -0.25) is 0 Å². The van der Waals surface area contributed by atoms with Crippen molar-refractivity contribution >= 4 is 62.1 Å². The van der Waals surface area contributed by atoms with Crippen LogP contribution in [0, 0.1) is 23.3 Å². The van der Waals surface area contributed by atoms with E-state index in [0.29, 0.717) is 16.6 Å². The third-order valence-corrected chi connectivity index (χ3v) is 18.1.